The van der Waals surface area contributed by atoms with Crippen molar-refractivity contribution in [3.8, 4) is 0 Å². The summed E-state index contributed by atoms with van der Waals surface area (Å²) in [4.78, 5) is 2.13. The molecule has 4 heteroatoms. The molecule has 1 aliphatic heterocycles. The zero-order valence-corrected chi connectivity index (χ0v) is 15.0. The first kappa shape index (κ1) is 21.1. The van der Waals surface area contributed by atoms with E-state index in [-0.39, 0.29) is 12.8 Å². The van der Waals surface area contributed by atoms with E-state index in [9.17, 15) is 8.78 Å². The molecule has 22 heavy (non-hydrogen) atoms. The standard InChI is InChI=1S/C9H17F2N.C7H11N.C2H6/c1-8(2)7-12-5-3-9(10,11)4-6-12;1-2-5-8-6-3-4-7-8;1-2/h8H,3-7H2,1-2H3;3-4,6-7H,2,5H2,1H3;1-2H3. The predicted molar refractivity (Wildman–Crippen MR) is 91.5 cm³/mol. The summed E-state index contributed by atoms with van der Waals surface area (Å²) in [7, 11) is 0. The molecule has 1 fully saturated rings. The Balaban J connectivity index is 0.000000382. The van der Waals surface area contributed by atoms with Gasteiger partial charge in [-0.15, -0.1) is 0 Å². The Kier molecular flexibility index (Phi) is 11.2. The lowest BCUT2D eigenvalue weighted by molar-refractivity contribution is -0.0566. The molecule has 0 aliphatic carbocycles. The Bertz CT molecular complexity index is 338. The van der Waals surface area contributed by atoms with Crippen molar-refractivity contribution in [2.45, 2.75) is 66.3 Å². The number of alkyl halides is 2. The van der Waals surface area contributed by atoms with Crippen molar-refractivity contribution < 1.29 is 8.78 Å². The highest BCUT2D eigenvalue weighted by atomic mass is 19.3. The molecule has 0 atom stereocenters. The molecule has 1 aliphatic rings. The number of aryl methyl sites for hydroxylation is 1. The molecule has 2 nitrogen and oxygen atoms in total. The average molecular weight is 316 g/mol. The summed E-state index contributed by atoms with van der Waals surface area (Å²) in [6, 6.07) is 4.10. The van der Waals surface area contributed by atoms with Crippen LogP contribution < -0.4 is 0 Å². The quantitative estimate of drug-likeness (QED) is 0.732. The van der Waals surface area contributed by atoms with Gasteiger partial charge in [0.2, 0.25) is 0 Å². The molecule has 1 aromatic heterocycles. The fourth-order valence-electron chi connectivity index (χ4n) is 2.36. The fourth-order valence-corrected chi connectivity index (χ4v) is 2.36. The molecule has 0 saturated carbocycles. The van der Waals surface area contributed by atoms with Crippen molar-refractivity contribution in [1.29, 1.82) is 0 Å². The second-order valence-electron chi connectivity index (χ2n) is 5.97. The van der Waals surface area contributed by atoms with E-state index in [1.54, 1.807) is 0 Å². The number of rotatable bonds is 4. The largest absolute Gasteiger partial charge is 0.354 e. The second-order valence-corrected chi connectivity index (χ2v) is 5.97. The highest BCUT2D eigenvalue weighted by molar-refractivity contribution is 4.89. The molecule has 0 spiro atoms. The Labute approximate surface area is 135 Å². The van der Waals surface area contributed by atoms with Crippen LogP contribution in [0.15, 0.2) is 24.5 Å². The van der Waals surface area contributed by atoms with Crippen molar-refractivity contribution >= 4 is 0 Å². The van der Waals surface area contributed by atoms with Crippen LogP contribution in [-0.2, 0) is 6.54 Å². The summed E-state index contributed by atoms with van der Waals surface area (Å²) in [6.07, 6.45) is 5.47. The normalized spacial score (nSPS) is 17.3. The Morgan fingerprint density at radius 1 is 1.05 bits per heavy atom. The van der Waals surface area contributed by atoms with Crippen LogP contribution in [0.1, 0.15) is 53.9 Å². The highest BCUT2D eigenvalue weighted by Gasteiger charge is 2.33. The number of aromatic nitrogens is 1. The smallest absolute Gasteiger partial charge is 0.250 e. The molecule has 1 aromatic rings. The van der Waals surface area contributed by atoms with Gasteiger partial charge in [-0.3, -0.25) is 0 Å². The Hall–Kier alpha value is -0.900. The minimum atomic E-state index is -2.40. The van der Waals surface area contributed by atoms with Gasteiger partial charge < -0.3 is 9.47 Å². The van der Waals surface area contributed by atoms with E-state index in [2.05, 4.69) is 54.8 Å². The summed E-state index contributed by atoms with van der Waals surface area (Å²) in [5.74, 6) is -1.82. The Morgan fingerprint density at radius 2 is 1.55 bits per heavy atom. The van der Waals surface area contributed by atoms with Crippen molar-refractivity contribution in [1.82, 2.24) is 9.47 Å². The molecular weight excluding hydrogens is 282 g/mol. The van der Waals surface area contributed by atoms with E-state index in [1.165, 1.54) is 6.42 Å². The fraction of sp³-hybridized carbons (Fsp3) is 0.778. The SMILES string of the molecule is CC.CC(C)CN1CCC(F)(F)CC1.CCCn1cccc1. The van der Waals surface area contributed by atoms with Gasteiger partial charge in [-0.1, -0.05) is 34.6 Å². The molecule has 0 amide bonds. The molecule has 1 saturated heterocycles. The number of hydrogen-bond acceptors (Lipinski definition) is 1. The molecular formula is C18H34F2N2. The highest BCUT2D eigenvalue weighted by Crippen LogP contribution is 2.27. The summed E-state index contributed by atoms with van der Waals surface area (Å²) in [5.41, 5.74) is 0. The van der Waals surface area contributed by atoms with Gasteiger partial charge in [0.15, 0.2) is 0 Å². The van der Waals surface area contributed by atoms with E-state index in [0.717, 1.165) is 13.1 Å². The zero-order valence-electron chi connectivity index (χ0n) is 15.0. The van der Waals surface area contributed by atoms with Crippen LogP contribution in [0.4, 0.5) is 8.78 Å². The van der Waals surface area contributed by atoms with Gasteiger partial charge in [0, 0.05) is 51.4 Å². The molecule has 0 aromatic carbocycles. The van der Waals surface area contributed by atoms with Gasteiger partial charge in [-0.25, -0.2) is 8.78 Å². The van der Waals surface area contributed by atoms with Gasteiger partial charge in [0.1, 0.15) is 0 Å². The third kappa shape index (κ3) is 9.93. The Morgan fingerprint density at radius 3 is 1.95 bits per heavy atom. The molecule has 2 heterocycles. The van der Waals surface area contributed by atoms with Crippen molar-refractivity contribution in [2.24, 2.45) is 5.92 Å². The first-order chi connectivity index (χ1) is 10.4. The third-order valence-electron chi connectivity index (χ3n) is 3.36. The maximum absolute atomic E-state index is 12.7. The lowest BCUT2D eigenvalue weighted by Gasteiger charge is -2.32. The monoisotopic (exact) mass is 316 g/mol. The van der Waals surface area contributed by atoms with E-state index in [4.69, 9.17) is 0 Å². The molecule has 0 bridgehead atoms. The minimum Gasteiger partial charge on any atom is -0.354 e. The minimum absolute atomic E-state index is 0.0414. The molecule has 130 valence electrons. The van der Waals surface area contributed by atoms with Gasteiger partial charge in [0.05, 0.1) is 0 Å². The second kappa shape index (κ2) is 11.6. The zero-order chi connectivity index (χ0) is 17.0. The van der Waals surface area contributed by atoms with Crippen LogP contribution in [0.5, 0.6) is 0 Å². The predicted octanol–water partition coefficient (Wildman–Crippen LogP) is 5.30. The summed E-state index contributed by atoms with van der Waals surface area (Å²) >= 11 is 0. The van der Waals surface area contributed by atoms with Crippen LogP contribution >= 0.6 is 0 Å². The lowest BCUT2D eigenvalue weighted by atomic mass is 10.1. The lowest BCUT2D eigenvalue weighted by Crippen LogP contribution is -2.40. The number of likely N-dealkylation sites (tertiary alicyclic amines) is 1. The average Bonchev–Trinajstić information content (AvgIpc) is 2.97. The number of nitrogens with zero attached hydrogens (tertiary/aromatic N) is 2. The van der Waals surface area contributed by atoms with Crippen molar-refractivity contribution in [3.05, 3.63) is 24.5 Å². The van der Waals surface area contributed by atoms with E-state index in [0.29, 0.717) is 19.0 Å². The van der Waals surface area contributed by atoms with Gasteiger partial charge >= 0.3 is 0 Å². The van der Waals surface area contributed by atoms with Crippen LogP contribution in [0.2, 0.25) is 0 Å². The van der Waals surface area contributed by atoms with Crippen molar-refractivity contribution in [2.75, 3.05) is 19.6 Å². The first-order valence-corrected chi connectivity index (χ1v) is 8.64. The molecule has 0 N–H and O–H groups in total. The molecule has 0 radical (unpaired) electrons. The van der Waals surface area contributed by atoms with Crippen LogP contribution in [-0.4, -0.2) is 35.0 Å². The first-order valence-electron chi connectivity index (χ1n) is 8.64. The van der Waals surface area contributed by atoms with Gasteiger partial charge in [0.25, 0.3) is 5.92 Å². The van der Waals surface area contributed by atoms with Crippen LogP contribution in [0, 0.1) is 5.92 Å². The third-order valence-corrected chi connectivity index (χ3v) is 3.36. The van der Waals surface area contributed by atoms with E-state index in [1.807, 2.05) is 13.8 Å². The van der Waals surface area contributed by atoms with E-state index >= 15 is 0 Å². The summed E-state index contributed by atoms with van der Waals surface area (Å²) < 4.78 is 27.6. The summed E-state index contributed by atoms with van der Waals surface area (Å²) in [6.45, 7) is 13.6. The van der Waals surface area contributed by atoms with Gasteiger partial charge in [-0.05, 0) is 24.5 Å². The molecule has 2 rings (SSSR count). The van der Waals surface area contributed by atoms with Crippen LogP contribution in [0.3, 0.4) is 0 Å². The van der Waals surface area contributed by atoms with Gasteiger partial charge in [-0.2, -0.15) is 0 Å². The maximum Gasteiger partial charge on any atom is 0.250 e. The number of halogens is 2. The maximum atomic E-state index is 12.7. The number of piperidine rings is 1. The summed E-state index contributed by atoms with van der Waals surface area (Å²) in [5, 5.41) is 0. The van der Waals surface area contributed by atoms with E-state index < -0.39 is 5.92 Å². The molecule has 0 unspecified atom stereocenters. The van der Waals surface area contributed by atoms with Crippen LogP contribution in [0.25, 0.3) is 0 Å². The number of hydrogen-bond donors (Lipinski definition) is 0. The topological polar surface area (TPSA) is 8.17 Å². The van der Waals surface area contributed by atoms with Crippen molar-refractivity contribution in [3.63, 3.8) is 0 Å².